The van der Waals surface area contributed by atoms with E-state index in [4.69, 9.17) is 4.42 Å². The molecule has 5 aliphatic carbocycles. The van der Waals surface area contributed by atoms with Crippen molar-refractivity contribution < 1.29 is 14.0 Å². The Kier molecular flexibility index (Phi) is 9.05. The first-order chi connectivity index (χ1) is 36.5. The van der Waals surface area contributed by atoms with Crippen LogP contribution in [0.25, 0.3) is 109 Å². The smallest absolute Gasteiger partial charge is 0.169 e. The summed E-state index contributed by atoms with van der Waals surface area (Å²) in [7, 11) is 0. The van der Waals surface area contributed by atoms with E-state index in [1.54, 1.807) is 0 Å². The molecule has 0 aliphatic heterocycles. The Morgan fingerprint density at radius 1 is 0.587 bits per heavy atom. The Bertz CT molecular complexity index is 4440. The summed E-state index contributed by atoms with van der Waals surface area (Å²) < 4.78 is 12.4. The Hall–Kier alpha value is -6.72. The van der Waals surface area contributed by atoms with E-state index >= 15 is 4.79 Å². The molecule has 374 valence electrons. The molecule has 0 spiro atoms. The van der Waals surface area contributed by atoms with Crippen LogP contribution in [0, 0.1) is 17.3 Å². The summed E-state index contributed by atoms with van der Waals surface area (Å²) in [6.45, 7) is 14.2. The van der Waals surface area contributed by atoms with Crippen molar-refractivity contribution in [1.82, 2.24) is 8.80 Å². The van der Waals surface area contributed by atoms with Crippen LogP contribution in [-0.4, -0.2) is 20.4 Å². The average molecular weight is 983 g/mol. The Morgan fingerprint density at radius 3 is 1.95 bits per heavy atom. The molecule has 75 heavy (non-hydrogen) atoms. The molecule has 5 aliphatic rings. The summed E-state index contributed by atoms with van der Waals surface area (Å²) >= 11 is 0. The fourth-order valence-corrected chi connectivity index (χ4v) is 17.6. The van der Waals surface area contributed by atoms with Gasteiger partial charge in [-0.3, -0.25) is 9.59 Å². The van der Waals surface area contributed by atoms with Gasteiger partial charge in [-0.25, -0.2) is 0 Å². The molecule has 0 saturated heterocycles. The molecule has 0 amide bonds. The highest BCUT2D eigenvalue weighted by Crippen LogP contribution is 2.58. The molecular weight excluding hydrogens is 917 g/mol. The maximum absolute atomic E-state index is 15.4. The van der Waals surface area contributed by atoms with Crippen LogP contribution < -0.4 is 0 Å². The van der Waals surface area contributed by atoms with Crippen molar-refractivity contribution in [2.45, 2.75) is 148 Å². The predicted octanol–water partition coefficient (Wildman–Crippen LogP) is 19.3. The molecule has 0 radical (unpaired) electrons. The third-order valence-corrected chi connectivity index (χ3v) is 20.9. The fraction of sp³-hybridized carbons (Fsp3) is 0.371. The Morgan fingerprint density at radius 2 is 1.20 bits per heavy atom. The number of benzene rings is 7. The first-order valence-electron chi connectivity index (χ1n) is 29.0. The topological polar surface area (TPSA) is 56.1 Å². The highest BCUT2D eigenvalue weighted by molar-refractivity contribution is 6.39. The highest BCUT2D eigenvalue weighted by atomic mass is 16.3. The minimum absolute atomic E-state index is 0.0489. The maximum Gasteiger partial charge on any atom is 0.169 e. The Labute approximate surface area is 437 Å². The number of hydrogen-bond acceptors (Lipinski definition) is 3. The molecular formula is C70H66N2O3. The van der Waals surface area contributed by atoms with Gasteiger partial charge in [-0.1, -0.05) is 116 Å². The number of Topliss-reactive ketones (excluding diaryl/α,β-unsaturated/α-hetero) is 2. The third kappa shape index (κ3) is 5.60. The van der Waals surface area contributed by atoms with E-state index in [0.29, 0.717) is 23.4 Å². The van der Waals surface area contributed by atoms with E-state index in [-0.39, 0.29) is 22.2 Å². The zero-order valence-corrected chi connectivity index (χ0v) is 44.6. The molecule has 0 N–H and O–H groups in total. The molecule has 5 nitrogen and oxygen atoms in total. The van der Waals surface area contributed by atoms with Gasteiger partial charge in [0.15, 0.2) is 11.6 Å². The van der Waals surface area contributed by atoms with Crippen molar-refractivity contribution in [1.29, 1.82) is 0 Å². The van der Waals surface area contributed by atoms with E-state index in [9.17, 15) is 4.79 Å². The minimum Gasteiger partial charge on any atom is -0.455 e. The van der Waals surface area contributed by atoms with Crippen molar-refractivity contribution >= 4 is 110 Å². The highest BCUT2D eigenvalue weighted by Gasteiger charge is 2.51. The van der Waals surface area contributed by atoms with E-state index in [1.165, 1.54) is 65.6 Å². The summed E-state index contributed by atoms with van der Waals surface area (Å²) in [5.41, 5.74) is 16.5. The molecule has 5 heteroatoms. The number of carbonyl (C=O) groups is 2. The summed E-state index contributed by atoms with van der Waals surface area (Å²) in [5.74, 6) is 1.55. The molecule has 2 saturated carbocycles. The molecule has 2 unspecified atom stereocenters. The van der Waals surface area contributed by atoms with Gasteiger partial charge >= 0.3 is 0 Å². The zero-order chi connectivity index (χ0) is 50.6. The average Bonchev–Trinajstić information content (AvgIpc) is 4.44. The van der Waals surface area contributed by atoms with Gasteiger partial charge in [-0.2, -0.15) is 0 Å². The van der Waals surface area contributed by atoms with Gasteiger partial charge in [-0.05, 0) is 164 Å². The summed E-state index contributed by atoms with van der Waals surface area (Å²) in [4.78, 5) is 30.1. The number of ketones is 2. The number of nitrogens with zero attached hydrogens (tertiary/aromatic N) is 2. The summed E-state index contributed by atoms with van der Waals surface area (Å²) in [6, 6.07) is 39.4. The van der Waals surface area contributed by atoms with Gasteiger partial charge in [0.05, 0.1) is 38.5 Å². The van der Waals surface area contributed by atoms with Crippen LogP contribution in [0.1, 0.15) is 175 Å². The van der Waals surface area contributed by atoms with E-state index in [2.05, 4.69) is 153 Å². The van der Waals surface area contributed by atoms with Gasteiger partial charge in [0.25, 0.3) is 0 Å². The van der Waals surface area contributed by atoms with Gasteiger partial charge in [0.1, 0.15) is 11.2 Å². The van der Waals surface area contributed by atoms with Crippen LogP contribution >= 0.6 is 0 Å². The third-order valence-electron chi connectivity index (χ3n) is 20.9. The van der Waals surface area contributed by atoms with Crippen molar-refractivity contribution in [3.8, 4) is 11.1 Å². The van der Waals surface area contributed by atoms with Gasteiger partial charge in [0, 0.05) is 76.5 Å². The molecule has 2 bridgehead atoms. The van der Waals surface area contributed by atoms with Crippen LogP contribution in [0.2, 0.25) is 0 Å². The van der Waals surface area contributed by atoms with Crippen LogP contribution in [0.5, 0.6) is 0 Å². The molecule has 5 heterocycles. The SMILES string of the molecule is CCCC(CCC)(CCC)c1cc2c3cc4c(cc3n3c5cc6c7c8oc9ccccc9c8c(-c8ccccc8)c8c9cc%10c(cc9n(c6cc5c(c1)c23)c87)C(=O)C1CCC%10CC1)C(=O)C1(C)CCCC1CC4(C)C. The normalized spacial score (nSPS) is 22.0. The van der Waals surface area contributed by atoms with Gasteiger partial charge in [-0.15, -0.1) is 0 Å². The number of para-hydroxylation sites is 1. The van der Waals surface area contributed by atoms with Crippen LogP contribution in [-0.2, 0) is 10.8 Å². The lowest BCUT2D eigenvalue weighted by Gasteiger charge is -2.34. The number of aromatic nitrogens is 2. The second-order valence-electron chi connectivity index (χ2n) is 25.4. The number of hydrogen-bond donors (Lipinski definition) is 0. The molecule has 17 rings (SSSR count). The molecule has 12 aromatic rings. The monoisotopic (exact) mass is 983 g/mol. The molecule has 2 atom stereocenters. The number of fused-ring (bicyclic) bond motifs is 20. The van der Waals surface area contributed by atoms with Crippen LogP contribution in [0.15, 0.2) is 108 Å². The van der Waals surface area contributed by atoms with Crippen molar-refractivity contribution in [2.24, 2.45) is 17.3 Å². The summed E-state index contributed by atoms with van der Waals surface area (Å²) in [5, 5.41) is 12.1. The van der Waals surface area contributed by atoms with Crippen molar-refractivity contribution in [3.05, 3.63) is 131 Å². The minimum atomic E-state index is -0.349. The number of carbonyl (C=O) groups excluding carboxylic acids is 2. The lowest BCUT2D eigenvalue weighted by atomic mass is 9.70. The zero-order valence-electron chi connectivity index (χ0n) is 44.6. The number of furan rings is 1. The first-order valence-corrected chi connectivity index (χ1v) is 29.0. The standard InChI is InChI=1S/C70H66N2O3/c1-7-25-70(26-8-2,27-9-3)42-29-47-45-32-53-50(67(74)69(6)28-15-18-41(69)37-68(53,4)5)35-54(45)71-55-36-52-56(33-46(55)48(30-42)63(47)71)72-57-34-49-44(38-21-23-40(24-22-38)65(49)73)31-51(57)60-59(39-16-11-10-12-17-39)61-43-19-13-14-20-58(43)75-66(61)62(52)64(60)72/h10-14,16-17,19-20,29-36,38,40-41H,7-9,15,18,21-28,37H2,1-6H3. The summed E-state index contributed by atoms with van der Waals surface area (Å²) in [6.07, 6.45) is 15.2. The second kappa shape index (κ2) is 15.2. The van der Waals surface area contributed by atoms with Crippen LogP contribution in [0.3, 0.4) is 0 Å². The van der Waals surface area contributed by atoms with Crippen molar-refractivity contribution in [2.75, 3.05) is 0 Å². The van der Waals surface area contributed by atoms with Gasteiger partial charge < -0.3 is 13.2 Å². The molecule has 5 aromatic heterocycles. The lowest BCUT2D eigenvalue weighted by Crippen LogP contribution is -2.31. The second-order valence-corrected chi connectivity index (χ2v) is 25.4. The Balaban J connectivity index is 1.12. The maximum atomic E-state index is 15.4. The fourth-order valence-electron chi connectivity index (χ4n) is 17.6. The van der Waals surface area contributed by atoms with Crippen LogP contribution in [0.4, 0.5) is 0 Å². The van der Waals surface area contributed by atoms with Crippen molar-refractivity contribution in [3.63, 3.8) is 0 Å². The van der Waals surface area contributed by atoms with Gasteiger partial charge in [0.2, 0.25) is 0 Å². The van der Waals surface area contributed by atoms with E-state index in [0.717, 1.165) is 161 Å². The lowest BCUT2D eigenvalue weighted by molar-refractivity contribution is 0.0744. The largest absolute Gasteiger partial charge is 0.455 e. The predicted molar refractivity (Wildman–Crippen MR) is 311 cm³/mol. The van der Waals surface area contributed by atoms with E-state index in [1.807, 2.05) is 0 Å². The first kappa shape index (κ1) is 44.6. The molecule has 2 fully saturated rings. The van der Waals surface area contributed by atoms with E-state index < -0.39 is 0 Å². The molecule has 7 aromatic carbocycles. The number of rotatable bonds is 8. The quantitative estimate of drug-likeness (QED) is 0.152.